The van der Waals surface area contributed by atoms with Gasteiger partial charge in [0, 0.05) is 17.0 Å². The minimum atomic E-state index is -0.205. The first-order valence-corrected chi connectivity index (χ1v) is 7.44. The molecular weight excluding hydrogens is 259 g/mol. The van der Waals surface area contributed by atoms with E-state index in [1.807, 2.05) is 18.4 Å². The number of benzene rings is 1. The van der Waals surface area contributed by atoms with Crippen LogP contribution in [0.25, 0.3) is 10.6 Å². The molecule has 19 heavy (non-hydrogen) atoms. The minimum absolute atomic E-state index is 0.205. The number of hydrogen-bond donors (Lipinski definition) is 1. The zero-order valence-corrected chi connectivity index (χ0v) is 12.4. The van der Waals surface area contributed by atoms with Crippen LogP contribution in [0.2, 0.25) is 0 Å². The fraction of sp³-hybridized carbons (Fsp3) is 0.400. The lowest BCUT2D eigenvalue weighted by Crippen LogP contribution is -2.19. The van der Waals surface area contributed by atoms with Gasteiger partial charge >= 0.3 is 0 Å². The van der Waals surface area contributed by atoms with Crippen molar-refractivity contribution in [2.24, 2.45) is 0 Å². The number of aromatic nitrogens is 1. The molecule has 0 saturated heterocycles. The molecule has 2 aromatic rings. The standard InChI is InChI=1S/C15H19FN2S/c1-4-5-17-11(3)14-9-19-15(18-14)12-6-10(2)7-13(16)8-12/h6-9,11,17H,4-5H2,1-3H3. The highest BCUT2D eigenvalue weighted by Crippen LogP contribution is 2.27. The van der Waals surface area contributed by atoms with Crippen molar-refractivity contribution in [3.63, 3.8) is 0 Å². The van der Waals surface area contributed by atoms with Crippen molar-refractivity contribution in [3.8, 4) is 10.6 Å². The van der Waals surface area contributed by atoms with Crippen molar-refractivity contribution in [1.29, 1.82) is 0 Å². The molecule has 1 atom stereocenters. The maximum Gasteiger partial charge on any atom is 0.124 e. The van der Waals surface area contributed by atoms with Gasteiger partial charge in [0.05, 0.1) is 5.69 Å². The molecule has 1 aromatic carbocycles. The summed E-state index contributed by atoms with van der Waals surface area (Å²) in [6.07, 6.45) is 1.10. The molecular formula is C15H19FN2S. The summed E-state index contributed by atoms with van der Waals surface area (Å²) in [4.78, 5) is 4.60. The number of halogens is 1. The number of rotatable bonds is 5. The lowest BCUT2D eigenvalue weighted by atomic mass is 10.1. The molecule has 0 fully saturated rings. The van der Waals surface area contributed by atoms with Crippen molar-refractivity contribution < 1.29 is 4.39 Å². The molecule has 0 aliphatic heterocycles. The first kappa shape index (κ1) is 14.2. The molecule has 0 amide bonds. The van der Waals surface area contributed by atoms with Crippen LogP contribution >= 0.6 is 11.3 Å². The highest BCUT2D eigenvalue weighted by Gasteiger charge is 2.11. The van der Waals surface area contributed by atoms with E-state index in [1.54, 1.807) is 17.4 Å². The molecule has 1 N–H and O–H groups in total. The number of thiazole rings is 1. The minimum Gasteiger partial charge on any atom is -0.309 e. The third-order valence-electron chi connectivity index (χ3n) is 2.96. The molecule has 0 radical (unpaired) electrons. The third kappa shape index (κ3) is 3.61. The van der Waals surface area contributed by atoms with E-state index in [0.717, 1.165) is 34.8 Å². The van der Waals surface area contributed by atoms with Gasteiger partial charge < -0.3 is 5.32 Å². The molecule has 0 saturated carbocycles. The Hall–Kier alpha value is -1.26. The molecule has 0 aliphatic rings. The number of nitrogens with one attached hydrogen (secondary N) is 1. The summed E-state index contributed by atoms with van der Waals surface area (Å²) in [7, 11) is 0. The van der Waals surface area contributed by atoms with Crippen molar-refractivity contribution in [2.75, 3.05) is 6.54 Å². The highest BCUT2D eigenvalue weighted by molar-refractivity contribution is 7.13. The fourth-order valence-electron chi connectivity index (χ4n) is 1.94. The van der Waals surface area contributed by atoms with Gasteiger partial charge in [0.2, 0.25) is 0 Å². The van der Waals surface area contributed by atoms with Crippen LogP contribution in [0.4, 0.5) is 4.39 Å². The topological polar surface area (TPSA) is 24.9 Å². The van der Waals surface area contributed by atoms with Crippen molar-refractivity contribution in [1.82, 2.24) is 10.3 Å². The summed E-state index contributed by atoms with van der Waals surface area (Å²) in [5.74, 6) is -0.205. The Bertz CT molecular complexity index is 531. The second-order valence-electron chi connectivity index (χ2n) is 4.77. The first-order valence-electron chi connectivity index (χ1n) is 6.56. The Morgan fingerprint density at radius 3 is 2.84 bits per heavy atom. The van der Waals surface area contributed by atoms with Gasteiger partial charge in [-0.1, -0.05) is 6.92 Å². The molecule has 102 valence electrons. The third-order valence-corrected chi connectivity index (χ3v) is 3.86. The molecule has 1 aromatic heterocycles. The van der Waals surface area contributed by atoms with E-state index < -0.39 is 0 Å². The van der Waals surface area contributed by atoms with Crippen LogP contribution < -0.4 is 5.32 Å². The zero-order valence-electron chi connectivity index (χ0n) is 11.5. The van der Waals surface area contributed by atoms with E-state index in [-0.39, 0.29) is 11.9 Å². The average molecular weight is 278 g/mol. The summed E-state index contributed by atoms with van der Waals surface area (Å²) in [5.41, 5.74) is 2.80. The van der Waals surface area contributed by atoms with E-state index in [0.29, 0.717) is 0 Å². The molecule has 2 nitrogen and oxygen atoms in total. The number of aryl methyl sites for hydroxylation is 1. The summed E-state index contributed by atoms with van der Waals surface area (Å²) >= 11 is 1.56. The van der Waals surface area contributed by atoms with Crippen molar-refractivity contribution in [2.45, 2.75) is 33.2 Å². The largest absolute Gasteiger partial charge is 0.309 e. The van der Waals surface area contributed by atoms with Crippen LogP contribution in [0.1, 0.15) is 37.6 Å². The maximum absolute atomic E-state index is 13.4. The van der Waals surface area contributed by atoms with Gasteiger partial charge in [-0.2, -0.15) is 0 Å². The van der Waals surface area contributed by atoms with Crippen LogP contribution in [0.15, 0.2) is 23.6 Å². The van der Waals surface area contributed by atoms with Gasteiger partial charge in [0.15, 0.2) is 0 Å². The molecule has 0 bridgehead atoms. The normalized spacial score (nSPS) is 12.6. The van der Waals surface area contributed by atoms with Gasteiger partial charge in [-0.05, 0) is 50.6 Å². The summed E-state index contributed by atoms with van der Waals surface area (Å²) in [6.45, 7) is 7.12. The first-order chi connectivity index (χ1) is 9.10. The molecule has 1 unspecified atom stereocenters. The van der Waals surface area contributed by atoms with Gasteiger partial charge in [-0.15, -0.1) is 11.3 Å². The predicted molar refractivity (Wildman–Crippen MR) is 79.0 cm³/mol. The van der Waals surface area contributed by atoms with Crippen molar-refractivity contribution >= 4 is 11.3 Å². The van der Waals surface area contributed by atoms with E-state index >= 15 is 0 Å². The average Bonchev–Trinajstić information content (AvgIpc) is 2.84. The van der Waals surface area contributed by atoms with Crippen LogP contribution in [0.5, 0.6) is 0 Å². The Morgan fingerprint density at radius 1 is 1.37 bits per heavy atom. The Balaban J connectivity index is 2.20. The Labute approximate surface area is 117 Å². The molecule has 4 heteroatoms. The second-order valence-corrected chi connectivity index (χ2v) is 5.63. The van der Waals surface area contributed by atoms with E-state index in [1.165, 1.54) is 6.07 Å². The van der Waals surface area contributed by atoms with Crippen LogP contribution in [-0.2, 0) is 0 Å². The number of nitrogens with zero attached hydrogens (tertiary/aromatic N) is 1. The summed E-state index contributed by atoms with van der Waals surface area (Å²) in [6, 6.07) is 5.28. The van der Waals surface area contributed by atoms with Crippen LogP contribution in [0.3, 0.4) is 0 Å². The van der Waals surface area contributed by atoms with Gasteiger partial charge in [0.1, 0.15) is 10.8 Å². The molecule has 2 rings (SSSR count). The predicted octanol–water partition coefficient (Wildman–Crippen LogP) is 4.32. The van der Waals surface area contributed by atoms with Gasteiger partial charge in [-0.3, -0.25) is 0 Å². The van der Waals surface area contributed by atoms with Crippen molar-refractivity contribution in [3.05, 3.63) is 40.7 Å². The Morgan fingerprint density at radius 2 is 2.16 bits per heavy atom. The molecule has 0 aliphatic carbocycles. The maximum atomic E-state index is 13.4. The molecule has 0 spiro atoms. The zero-order chi connectivity index (χ0) is 13.8. The summed E-state index contributed by atoms with van der Waals surface area (Å²) in [5, 5.41) is 6.33. The monoisotopic (exact) mass is 278 g/mol. The van der Waals surface area contributed by atoms with Gasteiger partial charge in [-0.25, -0.2) is 9.37 Å². The SMILES string of the molecule is CCCNC(C)c1csc(-c2cc(C)cc(F)c2)n1. The lowest BCUT2D eigenvalue weighted by molar-refractivity contribution is 0.561. The second kappa shape index (κ2) is 6.26. The lowest BCUT2D eigenvalue weighted by Gasteiger charge is -2.09. The fourth-order valence-corrected chi connectivity index (χ4v) is 2.84. The summed E-state index contributed by atoms with van der Waals surface area (Å²) < 4.78 is 13.4. The Kier molecular flexibility index (Phi) is 4.66. The number of hydrogen-bond acceptors (Lipinski definition) is 3. The van der Waals surface area contributed by atoms with E-state index in [4.69, 9.17) is 0 Å². The molecule has 1 heterocycles. The van der Waals surface area contributed by atoms with Crippen LogP contribution in [-0.4, -0.2) is 11.5 Å². The van der Waals surface area contributed by atoms with Crippen LogP contribution in [0, 0.1) is 12.7 Å². The highest BCUT2D eigenvalue weighted by atomic mass is 32.1. The van der Waals surface area contributed by atoms with Gasteiger partial charge in [0.25, 0.3) is 0 Å². The van der Waals surface area contributed by atoms with E-state index in [2.05, 4.69) is 24.1 Å². The van der Waals surface area contributed by atoms with E-state index in [9.17, 15) is 4.39 Å². The smallest absolute Gasteiger partial charge is 0.124 e. The quantitative estimate of drug-likeness (QED) is 0.881.